The third-order valence-corrected chi connectivity index (χ3v) is 16.4. The number of nitrogens with one attached hydrogen (secondary N) is 3. The molecule has 0 radical (unpaired) electrons. The predicted octanol–water partition coefficient (Wildman–Crippen LogP) is 9.68. The summed E-state index contributed by atoms with van der Waals surface area (Å²) in [6.07, 6.45) is 15.0. The molecule has 0 saturated heterocycles. The van der Waals surface area contributed by atoms with Crippen LogP contribution in [0.2, 0.25) is 0 Å². The highest BCUT2D eigenvalue weighted by Gasteiger charge is 2.17. The number of halogens is 3. The second kappa shape index (κ2) is 29.5. The minimum Gasteiger partial charge on any atom is -0.399 e. The van der Waals surface area contributed by atoms with Gasteiger partial charge in [-0.3, -0.25) is 10.1 Å². The maximum Gasteiger partial charge on any atom is 0.324 e. The molecule has 0 aliphatic heterocycles. The molecule has 0 saturated carbocycles. The van der Waals surface area contributed by atoms with Gasteiger partial charge in [0.15, 0.2) is 39.9 Å². The highest BCUT2D eigenvalue weighted by Crippen LogP contribution is 2.27. The fourth-order valence-electron chi connectivity index (χ4n) is 9.87. The van der Waals surface area contributed by atoms with Crippen LogP contribution in [0, 0.1) is 17.5 Å². The van der Waals surface area contributed by atoms with Crippen LogP contribution in [0.1, 0.15) is 15.9 Å². The van der Waals surface area contributed by atoms with E-state index in [0.29, 0.717) is 95.9 Å². The Hall–Kier alpha value is -14.4. The fourth-order valence-corrected chi connectivity index (χ4v) is 11.2. The van der Waals surface area contributed by atoms with E-state index < -0.39 is 11.6 Å². The number of aromatic nitrogens is 20. The van der Waals surface area contributed by atoms with Crippen molar-refractivity contribution >= 4 is 135 Å². The second-order valence-corrected chi connectivity index (χ2v) is 23.2. The molecule has 102 heavy (non-hydrogen) atoms. The number of carbonyl (C=O) groups excluding carboxylic acids is 2. The molecule has 36 heteroatoms. The molecule has 17 rings (SSSR count). The molecule has 0 fully saturated rings. The molecule has 506 valence electrons. The first-order valence-electron chi connectivity index (χ1n) is 30.0. The van der Waals surface area contributed by atoms with Crippen molar-refractivity contribution in [2.45, 2.75) is 6.54 Å². The van der Waals surface area contributed by atoms with E-state index in [9.17, 15) is 22.8 Å². The highest BCUT2D eigenvalue weighted by molar-refractivity contribution is 7.14. The van der Waals surface area contributed by atoms with Crippen molar-refractivity contribution in [3.8, 4) is 27.8 Å². The van der Waals surface area contributed by atoms with E-state index in [1.807, 2.05) is 77.5 Å². The number of urea groups is 1. The molecule has 3 amide bonds. The molecular weight excluding hydrogens is 1350 g/mol. The van der Waals surface area contributed by atoms with Crippen LogP contribution in [0.5, 0.6) is 0 Å². The largest absolute Gasteiger partial charge is 0.399 e. The molecule has 0 aliphatic rings. The molecule has 0 atom stereocenters. The van der Waals surface area contributed by atoms with Gasteiger partial charge in [0.2, 0.25) is 0 Å². The average molecular weight is 1400 g/mol. The van der Waals surface area contributed by atoms with Crippen molar-refractivity contribution in [1.82, 2.24) is 104 Å². The lowest BCUT2D eigenvalue weighted by molar-refractivity contribution is 0.0950. The molecule has 0 unspecified atom stereocenters. The first-order valence-corrected chi connectivity index (χ1v) is 31.8. The van der Waals surface area contributed by atoms with Gasteiger partial charge in [0.05, 0.1) is 85.7 Å². The smallest absolute Gasteiger partial charge is 0.324 e. The molecular formula is C66H52F3N29O2S2. The van der Waals surface area contributed by atoms with E-state index >= 15 is 0 Å². The lowest BCUT2D eigenvalue weighted by Gasteiger charge is -2.08. The van der Waals surface area contributed by atoms with Crippen molar-refractivity contribution in [2.24, 2.45) is 0 Å². The summed E-state index contributed by atoms with van der Waals surface area (Å²) in [6.45, 7) is 0.231. The zero-order valence-corrected chi connectivity index (χ0v) is 54.2. The molecule has 5 aromatic carbocycles. The van der Waals surface area contributed by atoms with E-state index in [2.05, 4.69) is 91.3 Å². The van der Waals surface area contributed by atoms with E-state index in [4.69, 9.17) is 34.4 Å². The van der Waals surface area contributed by atoms with Gasteiger partial charge in [-0.05, 0) is 132 Å². The maximum absolute atomic E-state index is 13.2. The van der Waals surface area contributed by atoms with Crippen molar-refractivity contribution in [3.63, 3.8) is 0 Å². The number of nitrogens with two attached hydrogens (primary N) is 6. The molecule has 12 aromatic heterocycles. The summed E-state index contributed by atoms with van der Waals surface area (Å²) in [5.74, 6) is -0.562. The quantitative estimate of drug-likeness (QED) is 0.0575. The molecule has 31 nitrogen and oxygen atoms in total. The third-order valence-electron chi connectivity index (χ3n) is 14.8. The molecule has 17 aromatic rings. The number of amides is 3. The van der Waals surface area contributed by atoms with Crippen molar-refractivity contribution in [3.05, 3.63) is 241 Å². The van der Waals surface area contributed by atoms with Crippen LogP contribution in [-0.4, -0.2) is 111 Å². The van der Waals surface area contributed by atoms with Gasteiger partial charge in [-0.25, -0.2) is 91.2 Å². The summed E-state index contributed by atoms with van der Waals surface area (Å²) >= 11 is 3.06. The van der Waals surface area contributed by atoms with Crippen molar-refractivity contribution in [2.75, 3.05) is 45.0 Å². The van der Waals surface area contributed by atoms with Crippen molar-refractivity contribution < 1.29 is 22.8 Å². The molecule has 12 heterocycles. The summed E-state index contributed by atoms with van der Waals surface area (Å²) in [7, 11) is 0. The van der Waals surface area contributed by atoms with Gasteiger partial charge >= 0.3 is 6.03 Å². The number of carbonyl (C=O) groups is 2. The van der Waals surface area contributed by atoms with Crippen LogP contribution in [0.3, 0.4) is 0 Å². The highest BCUT2D eigenvalue weighted by atomic mass is 32.1. The topological polar surface area (TPSA) is 444 Å². The van der Waals surface area contributed by atoms with Crippen LogP contribution in [0.15, 0.2) is 213 Å². The summed E-state index contributed by atoms with van der Waals surface area (Å²) in [5.41, 5.74) is 42.7. The van der Waals surface area contributed by atoms with Gasteiger partial charge in [0.1, 0.15) is 71.5 Å². The zero-order chi connectivity index (χ0) is 70.8. The van der Waals surface area contributed by atoms with Crippen LogP contribution in [-0.2, 0) is 6.54 Å². The Balaban J connectivity index is 0.000000116. The van der Waals surface area contributed by atoms with Gasteiger partial charge in [0, 0.05) is 29.5 Å². The Morgan fingerprint density at radius 3 is 1.31 bits per heavy atom. The minimum absolute atomic E-state index is 0.231. The number of anilines is 8. The number of fused-ring (bicyclic) bond motifs is 5. The standard InChI is InChI=1S/C19H15FN6O.C16H13N7OS.C11H7F2N5.C11H10N6.C9H7N5S/c20-14-5-1-3-12(7-14)9-22-19(27)13-4-2-6-15(8-13)26-18-16(10-25-26)17(21)23-11-24-18;17-14-12-8-20-23(15(12)19-9-18-14)11-5-3-10(4-6-11)21-16(24)22-13-2-1-7-25-13;12-8-2-1-6(3-9(8)13)18-11-7(4-17-18)10(14)15-5-16-11;12-7-1-3-8(4-2-7)17-11-9(5-16-17)10(13)14-6-15-11;10-8-6-4-13-14(7-2-1-3-15-7)9(6)12-5-11-8/h1-8,10-11H,9H2,(H,22,27)(H2,21,23,24);1-9H,(H2,17,18,19)(H2,21,22,24);1-5H,(H2,14,15,16);1-6H,12H2,(H2,13,14,15);1-5H,(H2,10,11,12). The Labute approximate surface area is 580 Å². The Morgan fingerprint density at radius 2 is 0.843 bits per heavy atom. The summed E-state index contributed by atoms with van der Waals surface area (Å²) in [5, 5.41) is 38.6. The van der Waals surface area contributed by atoms with E-state index in [1.54, 1.807) is 97.3 Å². The average Bonchev–Trinajstić information content (AvgIpc) is 1.67. The van der Waals surface area contributed by atoms with Gasteiger partial charge in [-0.15, -0.1) is 22.7 Å². The van der Waals surface area contributed by atoms with Crippen molar-refractivity contribution in [1.29, 1.82) is 0 Å². The Morgan fingerprint density at radius 1 is 0.402 bits per heavy atom. The molecule has 0 bridgehead atoms. The number of hydrogen-bond acceptors (Lipinski definition) is 25. The molecule has 15 N–H and O–H groups in total. The summed E-state index contributed by atoms with van der Waals surface area (Å²) in [6, 6.07) is 38.6. The van der Waals surface area contributed by atoms with Gasteiger partial charge in [0.25, 0.3) is 5.91 Å². The summed E-state index contributed by atoms with van der Waals surface area (Å²) < 4.78 is 47.4. The van der Waals surface area contributed by atoms with Crippen LogP contribution < -0.4 is 50.4 Å². The Bertz CT molecular complexity index is 5810. The number of nitrogens with zero attached hydrogens (tertiary/aromatic N) is 20. The maximum atomic E-state index is 13.2. The number of thiophene rings is 2. The lowest BCUT2D eigenvalue weighted by Crippen LogP contribution is -2.23. The first kappa shape index (κ1) is 66.2. The normalized spacial score (nSPS) is 10.9. The zero-order valence-electron chi connectivity index (χ0n) is 52.6. The van der Waals surface area contributed by atoms with Crippen LogP contribution >= 0.6 is 22.7 Å². The minimum atomic E-state index is -0.946. The first-order chi connectivity index (χ1) is 49.6. The fraction of sp³-hybridized carbons (Fsp3) is 0.0152. The lowest BCUT2D eigenvalue weighted by atomic mass is 10.1. The molecule has 0 aliphatic carbocycles. The third kappa shape index (κ3) is 14.6. The predicted molar refractivity (Wildman–Crippen MR) is 382 cm³/mol. The number of hydrogen-bond donors (Lipinski definition) is 9. The number of nitrogen functional groups attached to an aromatic ring is 6. The van der Waals surface area contributed by atoms with Crippen LogP contribution in [0.25, 0.3) is 82.9 Å². The van der Waals surface area contributed by atoms with Gasteiger partial charge in [-0.1, -0.05) is 18.2 Å². The Kier molecular flexibility index (Phi) is 19.2. The van der Waals surface area contributed by atoms with E-state index in [0.717, 1.165) is 49.9 Å². The second-order valence-electron chi connectivity index (χ2n) is 21.4. The summed E-state index contributed by atoms with van der Waals surface area (Å²) in [4.78, 5) is 64.8. The van der Waals surface area contributed by atoms with Crippen LogP contribution in [0.4, 0.5) is 63.4 Å². The van der Waals surface area contributed by atoms with E-state index in [1.165, 1.54) is 72.1 Å². The monoisotopic (exact) mass is 1400 g/mol. The van der Waals surface area contributed by atoms with E-state index in [-0.39, 0.29) is 30.1 Å². The SMILES string of the molecule is Nc1ccc(-n2ncc3c(N)ncnc32)cc1.Nc1ncnc2c1cnn2-c1ccc(F)c(F)c1.Nc1ncnc2c1cnn2-c1ccc(NC(=O)Nc2cccs2)cc1.Nc1ncnc2c1cnn2-c1cccc(C(=O)NCc2cccc(F)c2)c1.Nc1ncnc2c1cnn2-c1cccs1. The number of rotatable bonds is 10. The molecule has 0 spiro atoms. The number of benzene rings is 5. The van der Waals surface area contributed by atoms with Gasteiger partial charge in [-0.2, -0.15) is 25.5 Å². The van der Waals surface area contributed by atoms with Gasteiger partial charge < -0.3 is 45.0 Å².